The van der Waals surface area contributed by atoms with E-state index in [-0.39, 0.29) is 28.7 Å². The minimum atomic E-state index is -3.88. The van der Waals surface area contributed by atoms with Crippen molar-refractivity contribution in [2.24, 2.45) is 11.8 Å². The van der Waals surface area contributed by atoms with Crippen molar-refractivity contribution in [2.75, 3.05) is 24.0 Å². The summed E-state index contributed by atoms with van der Waals surface area (Å²) in [6.07, 6.45) is 1.93. The number of nitrogens with zero attached hydrogens (tertiary/aromatic N) is 1. The van der Waals surface area contributed by atoms with Crippen LogP contribution in [0, 0.1) is 16.0 Å². The SMILES string of the molecule is CSCC(C)CNS(=O)(=O)c1cc([N+](=O)[O-])ccc1NN. The summed E-state index contributed by atoms with van der Waals surface area (Å²) in [5, 5.41) is 10.8. The van der Waals surface area contributed by atoms with Crippen molar-refractivity contribution in [3.63, 3.8) is 0 Å². The van der Waals surface area contributed by atoms with Crippen LogP contribution < -0.4 is 16.0 Å². The fourth-order valence-corrected chi connectivity index (χ4v) is 3.68. The molecular formula is C11H18N4O4S2. The van der Waals surface area contributed by atoms with Gasteiger partial charge >= 0.3 is 0 Å². The molecule has 0 spiro atoms. The van der Waals surface area contributed by atoms with Gasteiger partial charge in [-0.05, 0) is 24.0 Å². The standard InChI is InChI=1S/C11H18N4O4S2/c1-8(7-20-2)6-13-21(18,19)11-5-9(15(16)17)3-4-10(11)14-12/h3-5,8,13-14H,6-7,12H2,1-2H3. The fourth-order valence-electron chi connectivity index (χ4n) is 1.64. The zero-order valence-electron chi connectivity index (χ0n) is 11.7. The second kappa shape index (κ2) is 7.59. The Morgan fingerprint density at radius 1 is 1.48 bits per heavy atom. The number of rotatable bonds is 8. The number of nitrogens with one attached hydrogen (secondary N) is 2. The van der Waals surface area contributed by atoms with Gasteiger partial charge in [0, 0.05) is 18.7 Å². The Hall–Kier alpha value is -1.36. The van der Waals surface area contributed by atoms with E-state index in [1.807, 2.05) is 13.2 Å². The van der Waals surface area contributed by atoms with E-state index in [0.717, 1.165) is 11.8 Å². The van der Waals surface area contributed by atoms with Crippen LogP contribution in [0.25, 0.3) is 0 Å². The Labute approximate surface area is 127 Å². The molecule has 0 fully saturated rings. The van der Waals surface area contributed by atoms with Crippen molar-refractivity contribution in [3.05, 3.63) is 28.3 Å². The van der Waals surface area contributed by atoms with Crippen molar-refractivity contribution in [2.45, 2.75) is 11.8 Å². The van der Waals surface area contributed by atoms with Gasteiger partial charge in [0.2, 0.25) is 10.0 Å². The molecule has 10 heteroatoms. The van der Waals surface area contributed by atoms with Gasteiger partial charge in [0.05, 0.1) is 10.6 Å². The summed E-state index contributed by atoms with van der Waals surface area (Å²) in [4.78, 5) is 9.87. The highest BCUT2D eigenvalue weighted by atomic mass is 32.2. The number of benzene rings is 1. The molecule has 1 atom stereocenters. The van der Waals surface area contributed by atoms with Crippen LogP contribution in [0.15, 0.2) is 23.1 Å². The van der Waals surface area contributed by atoms with Crippen LogP contribution >= 0.6 is 11.8 Å². The highest BCUT2D eigenvalue weighted by Gasteiger charge is 2.22. The number of nitrogen functional groups attached to an aromatic ring is 1. The molecule has 1 aromatic rings. The first kappa shape index (κ1) is 17.7. The average molecular weight is 334 g/mol. The van der Waals surface area contributed by atoms with Crippen molar-refractivity contribution < 1.29 is 13.3 Å². The number of hydrogen-bond acceptors (Lipinski definition) is 7. The van der Waals surface area contributed by atoms with E-state index >= 15 is 0 Å². The summed E-state index contributed by atoms with van der Waals surface area (Å²) < 4.78 is 27.0. The third-order valence-corrected chi connectivity index (χ3v) is 5.06. The topological polar surface area (TPSA) is 127 Å². The van der Waals surface area contributed by atoms with E-state index in [0.29, 0.717) is 0 Å². The Morgan fingerprint density at radius 2 is 2.14 bits per heavy atom. The third-order valence-electron chi connectivity index (χ3n) is 2.69. The maximum atomic E-state index is 12.3. The van der Waals surface area contributed by atoms with Crippen molar-refractivity contribution in [1.29, 1.82) is 0 Å². The number of nitro groups is 1. The molecule has 0 aliphatic carbocycles. The summed E-state index contributed by atoms with van der Waals surface area (Å²) in [6.45, 7) is 2.16. The smallest absolute Gasteiger partial charge is 0.270 e. The van der Waals surface area contributed by atoms with Crippen LogP contribution in [0.5, 0.6) is 0 Å². The number of thioether (sulfide) groups is 1. The lowest BCUT2D eigenvalue weighted by molar-refractivity contribution is -0.385. The quantitative estimate of drug-likeness (QED) is 0.370. The van der Waals surface area contributed by atoms with E-state index in [2.05, 4.69) is 10.1 Å². The van der Waals surface area contributed by atoms with Crippen molar-refractivity contribution >= 4 is 33.2 Å². The fraction of sp³-hybridized carbons (Fsp3) is 0.455. The summed E-state index contributed by atoms with van der Waals surface area (Å²) in [5.41, 5.74) is 2.02. The van der Waals surface area contributed by atoms with E-state index in [1.54, 1.807) is 11.8 Å². The lowest BCUT2D eigenvalue weighted by Gasteiger charge is -2.14. The zero-order valence-corrected chi connectivity index (χ0v) is 13.3. The Kier molecular flexibility index (Phi) is 6.40. The first-order chi connectivity index (χ1) is 9.81. The molecule has 0 radical (unpaired) electrons. The molecule has 0 heterocycles. The molecule has 1 aromatic carbocycles. The highest BCUT2D eigenvalue weighted by Crippen LogP contribution is 2.25. The van der Waals surface area contributed by atoms with Crippen LogP contribution in [0.3, 0.4) is 0 Å². The maximum absolute atomic E-state index is 12.3. The molecular weight excluding hydrogens is 316 g/mol. The number of nitrogens with two attached hydrogens (primary N) is 1. The van der Waals surface area contributed by atoms with E-state index in [4.69, 9.17) is 5.84 Å². The number of anilines is 1. The molecule has 1 unspecified atom stereocenters. The largest absolute Gasteiger partial charge is 0.323 e. The van der Waals surface area contributed by atoms with Crippen LogP contribution in [-0.2, 0) is 10.0 Å². The van der Waals surface area contributed by atoms with Gasteiger partial charge in [0.1, 0.15) is 4.90 Å². The van der Waals surface area contributed by atoms with Gasteiger partial charge in [-0.1, -0.05) is 6.92 Å². The number of non-ortho nitro benzene ring substituents is 1. The average Bonchev–Trinajstić information content (AvgIpc) is 2.44. The minimum absolute atomic E-state index is 0.102. The molecule has 0 aromatic heterocycles. The van der Waals surface area contributed by atoms with Gasteiger partial charge < -0.3 is 5.43 Å². The monoisotopic (exact) mass is 334 g/mol. The molecule has 0 saturated heterocycles. The molecule has 21 heavy (non-hydrogen) atoms. The molecule has 1 rings (SSSR count). The lowest BCUT2D eigenvalue weighted by atomic mass is 10.2. The van der Waals surface area contributed by atoms with Gasteiger partial charge in [-0.25, -0.2) is 13.1 Å². The molecule has 0 amide bonds. The number of hydrazine groups is 1. The Bertz CT molecular complexity index is 606. The van der Waals surface area contributed by atoms with Gasteiger partial charge in [-0.2, -0.15) is 11.8 Å². The summed E-state index contributed by atoms with van der Waals surface area (Å²) in [5.74, 6) is 6.21. The normalized spacial score (nSPS) is 12.9. The van der Waals surface area contributed by atoms with Gasteiger partial charge in [-0.15, -0.1) is 0 Å². The first-order valence-electron chi connectivity index (χ1n) is 6.05. The van der Waals surface area contributed by atoms with Crippen LogP contribution in [0.4, 0.5) is 11.4 Å². The molecule has 0 saturated carbocycles. The molecule has 4 N–H and O–H groups in total. The number of nitro benzene ring substituents is 1. The van der Waals surface area contributed by atoms with Gasteiger partial charge in [0.15, 0.2) is 0 Å². The van der Waals surface area contributed by atoms with E-state index in [9.17, 15) is 18.5 Å². The summed E-state index contributed by atoms with van der Waals surface area (Å²) >= 11 is 1.61. The Balaban J connectivity index is 3.05. The van der Waals surface area contributed by atoms with Crippen molar-refractivity contribution in [3.8, 4) is 0 Å². The van der Waals surface area contributed by atoms with Gasteiger partial charge in [-0.3, -0.25) is 16.0 Å². The van der Waals surface area contributed by atoms with Crippen LogP contribution in [0.2, 0.25) is 0 Å². The van der Waals surface area contributed by atoms with E-state index in [1.165, 1.54) is 12.1 Å². The number of hydrogen-bond donors (Lipinski definition) is 3. The first-order valence-corrected chi connectivity index (χ1v) is 8.93. The molecule has 0 aliphatic heterocycles. The predicted molar refractivity (Wildman–Crippen MR) is 83.6 cm³/mol. The molecule has 8 nitrogen and oxygen atoms in total. The van der Waals surface area contributed by atoms with Gasteiger partial charge in [0.25, 0.3) is 5.69 Å². The molecule has 0 aliphatic rings. The lowest BCUT2D eigenvalue weighted by Crippen LogP contribution is -2.30. The maximum Gasteiger partial charge on any atom is 0.270 e. The summed E-state index contributed by atoms with van der Waals surface area (Å²) in [7, 11) is -3.88. The number of sulfonamides is 1. The second-order valence-electron chi connectivity index (χ2n) is 4.49. The van der Waals surface area contributed by atoms with Crippen LogP contribution in [-0.4, -0.2) is 31.9 Å². The highest BCUT2D eigenvalue weighted by molar-refractivity contribution is 7.98. The zero-order chi connectivity index (χ0) is 16.0. The summed E-state index contributed by atoms with van der Waals surface area (Å²) in [6, 6.07) is 3.43. The third kappa shape index (κ3) is 4.84. The second-order valence-corrected chi connectivity index (χ2v) is 7.14. The van der Waals surface area contributed by atoms with Crippen LogP contribution in [0.1, 0.15) is 6.92 Å². The van der Waals surface area contributed by atoms with E-state index < -0.39 is 14.9 Å². The Morgan fingerprint density at radius 3 is 2.67 bits per heavy atom. The predicted octanol–water partition coefficient (Wildman–Crippen LogP) is 1.16. The molecule has 0 bridgehead atoms. The minimum Gasteiger partial charge on any atom is -0.323 e. The van der Waals surface area contributed by atoms with Crippen molar-refractivity contribution in [1.82, 2.24) is 4.72 Å². The molecule has 118 valence electrons.